The molecular formula is C9H11NO4. The summed E-state index contributed by atoms with van der Waals surface area (Å²) in [6, 6.07) is 2.78. The largest absolute Gasteiger partial charge is 0.505 e. The van der Waals surface area contributed by atoms with Gasteiger partial charge < -0.3 is 20.3 Å². The fourth-order valence-electron chi connectivity index (χ4n) is 1.01. The van der Waals surface area contributed by atoms with Crippen molar-refractivity contribution in [2.24, 2.45) is 0 Å². The van der Waals surface area contributed by atoms with Gasteiger partial charge in [-0.3, -0.25) is 0 Å². The van der Waals surface area contributed by atoms with Crippen LogP contribution in [0.5, 0.6) is 11.5 Å². The zero-order valence-corrected chi connectivity index (χ0v) is 7.90. The quantitative estimate of drug-likeness (QED) is 0.415. The Hall–Kier alpha value is -1.91. The number of aromatic hydroxyl groups is 1. The Balaban J connectivity index is 3.27. The van der Waals surface area contributed by atoms with Crippen LogP contribution in [0.4, 0.5) is 5.69 Å². The molecule has 0 aromatic heterocycles. The average Bonchev–Trinajstić information content (AvgIpc) is 2.20. The molecule has 0 aliphatic carbocycles. The summed E-state index contributed by atoms with van der Waals surface area (Å²) < 4.78 is 9.35. The first-order valence-electron chi connectivity index (χ1n) is 3.85. The molecule has 5 nitrogen and oxygen atoms in total. The summed E-state index contributed by atoms with van der Waals surface area (Å²) >= 11 is 0. The Morgan fingerprint density at radius 1 is 1.43 bits per heavy atom. The Kier molecular flexibility index (Phi) is 2.81. The van der Waals surface area contributed by atoms with E-state index in [0.29, 0.717) is 5.75 Å². The second-order valence-corrected chi connectivity index (χ2v) is 2.60. The first-order valence-corrected chi connectivity index (χ1v) is 3.85. The zero-order valence-electron chi connectivity index (χ0n) is 7.90. The maximum absolute atomic E-state index is 11.2. The Morgan fingerprint density at radius 2 is 2.07 bits per heavy atom. The van der Waals surface area contributed by atoms with Gasteiger partial charge >= 0.3 is 5.97 Å². The van der Waals surface area contributed by atoms with Crippen LogP contribution in [-0.4, -0.2) is 25.3 Å². The molecule has 0 amide bonds. The number of rotatable bonds is 2. The number of phenolic OH excluding ortho intramolecular Hbond substituents is 1. The molecule has 0 saturated carbocycles. The van der Waals surface area contributed by atoms with Crippen LogP contribution in [0, 0.1) is 0 Å². The van der Waals surface area contributed by atoms with E-state index in [1.165, 1.54) is 26.4 Å². The van der Waals surface area contributed by atoms with E-state index in [1.54, 1.807) is 0 Å². The van der Waals surface area contributed by atoms with Crippen LogP contribution in [0.1, 0.15) is 10.4 Å². The third kappa shape index (κ3) is 1.71. The van der Waals surface area contributed by atoms with Crippen molar-refractivity contribution in [1.82, 2.24) is 0 Å². The van der Waals surface area contributed by atoms with Crippen molar-refractivity contribution < 1.29 is 19.4 Å². The van der Waals surface area contributed by atoms with Gasteiger partial charge in [-0.2, -0.15) is 0 Å². The zero-order chi connectivity index (χ0) is 10.7. The molecule has 5 heteroatoms. The van der Waals surface area contributed by atoms with Crippen molar-refractivity contribution >= 4 is 11.7 Å². The predicted molar refractivity (Wildman–Crippen MR) is 50.4 cm³/mol. The molecule has 3 N–H and O–H groups in total. The van der Waals surface area contributed by atoms with Crippen LogP contribution in [0.25, 0.3) is 0 Å². The number of nitrogens with two attached hydrogens (primary N) is 1. The molecule has 1 rings (SSSR count). The minimum absolute atomic E-state index is 0.00986. The third-order valence-corrected chi connectivity index (χ3v) is 1.75. The summed E-state index contributed by atoms with van der Waals surface area (Å²) in [7, 11) is 2.66. The van der Waals surface area contributed by atoms with Gasteiger partial charge in [0.1, 0.15) is 11.3 Å². The highest BCUT2D eigenvalue weighted by Gasteiger charge is 2.15. The van der Waals surface area contributed by atoms with Gasteiger partial charge in [-0.05, 0) is 6.07 Å². The highest BCUT2D eigenvalue weighted by atomic mass is 16.5. The second-order valence-electron chi connectivity index (χ2n) is 2.60. The van der Waals surface area contributed by atoms with Crippen molar-refractivity contribution in [3.05, 3.63) is 17.7 Å². The van der Waals surface area contributed by atoms with Crippen LogP contribution in [0.2, 0.25) is 0 Å². The molecule has 0 radical (unpaired) electrons. The molecule has 14 heavy (non-hydrogen) atoms. The molecule has 0 bridgehead atoms. The number of hydrogen-bond donors (Lipinski definition) is 2. The number of phenols is 1. The maximum Gasteiger partial charge on any atom is 0.341 e. The summed E-state index contributed by atoms with van der Waals surface area (Å²) in [5.74, 6) is -0.563. The van der Waals surface area contributed by atoms with E-state index in [0.717, 1.165) is 0 Å². The molecular weight excluding hydrogens is 186 g/mol. The lowest BCUT2D eigenvalue weighted by Crippen LogP contribution is -2.03. The van der Waals surface area contributed by atoms with Crippen molar-refractivity contribution in [3.8, 4) is 11.5 Å². The molecule has 0 fully saturated rings. The molecule has 0 atom stereocenters. The molecule has 0 saturated heterocycles. The summed E-state index contributed by atoms with van der Waals surface area (Å²) in [6.45, 7) is 0. The predicted octanol–water partition coefficient (Wildman–Crippen LogP) is 0.770. The summed E-state index contributed by atoms with van der Waals surface area (Å²) in [4.78, 5) is 11.2. The highest BCUT2D eigenvalue weighted by Crippen LogP contribution is 2.30. The molecule has 0 aliphatic heterocycles. The summed E-state index contributed by atoms with van der Waals surface area (Å²) in [5.41, 5.74) is 5.52. The fourth-order valence-corrected chi connectivity index (χ4v) is 1.01. The number of methoxy groups -OCH3 is 2. The van der Waals surface area contributed by atoms with Crippen LogP contribution >= 0.6 is 0 Å². The molecule has 76 valence electrons. The van der Waals surface area contributed by atoms with E-state index in [9.17, 15) is 9.90 Å². The van der Waals surface area contributed by atoms with Gasteiger partial charge in [-0.1, -0.05) is 0 Å². The van der Waals surface area contributed by atoms with Crippen molar-refractivity contribution in [1.29, 1.82) is 0 Å². The lowest BCUT2D eigenvalue weighted by atomic mass is 10.1. The first-order chi connectivity index (χ1) is 6.60. The Bertz CT molecular complexity index is 362. The van der Waals surface area contributed by atoms with Gasteiger partial charge in [0, 0.05) is 6.07 Å². The fraction of sp³-hybridized carbons (Fsp3) is 0.222. The highest BCUT2D eigenvalue weighted by molar-refractivity contribution is 5.95. The van der Waals surface area contributed by atoms with E-state index in [2.05, 4.69) is 4.74 Å². The minimum Gasteiger partial charge on any atom is -0.505 e. The number of nitrogen functional groups attached to an aromatic ring is 1. The van der Waals surface area contributed by atoms with Crippen molar-refractivity contribution in [2.75, 3.05) is 20.0 Å². The summed E-state index contributed by atoms with van der Waals surface area (Å²) in [6.07, 6.45) is 0. The van der Waals surface area contributed by atoms with Crippen LogP contribution in [0.3, 0.4) is 0 Å². The smallest absolute Gasteiger partial charge is 0.341 e. The number of benzene rings is 1. The molecule has 0 spiro atoms. The molecule has 1 aromatic carbocycles. The summed E-state index contributed by atoms with van der Waals surface area (Å²) in [5, 5.41) is 9.44. The van der Waals surface area contributed by atoms with E-state index in [4.69, 9.17) is 10.5 Å². The van der Waals surface area contributed by atoms with Crippen molar-refractivity contribution in [3.63, 3.8) is 0 Å². The number of hydrogen-bond acceptors (Lipinski definition) is 5. The van der Waals surface area contributed by atoms with Gasteiger partial charge in [0.05, 0.1) is 19.9 Å². The second kappa shape index (κ2) is 3.87. The average molecular weight is 197 g/mol. The Labute approximate surface area is 81.0 Å². The molecule has 0 heterocycles. The third-order valence-electron chi connectivity index (χ3n) is 1.75. The van der Waals surface area contributed by atoms with Crippen molar-refractivity contribution in [2.45, 2.75) is 0 Å². The standard InChI is InChI=1S/C9H11NO4/c1-13-5-3-6(9(12)14-2)8(11)7(10)4-5/h3-4,11H,10H2,1-2H3. The van der Waals surface area contributed by atoms with Crippen LogP contribution in [0.15, 0.2) is 12.1 Å². The van der Waals surface area contributed by atoms with Crippen LogP contribution < -0.4 is 10.5 Å². The minimum atomic E-state index is -0.659. The van der Waals surface area contributed by atoms with Crippen LogP contribution in [-0.2, 0) is 4.74 Å². The monoisotopic (exact) mass is 197 g/mol. The SMILES string of the molecule is COC(=O)c1cc(OC)cc(N)c1O. The molecule has 1 aromatic rings. The van der Waals surface area contributed by atoms with Gasteiger partial charge in [-0.25, -0.2) is 4.79 Å². The number of anilines is 1. The van der Waals surface area contributed by atoms with Gasteiger partial charge in [-0.15, -0.1) is 0 Å². The van der Waals surface area contributed by atoms with Gasteiger partial charge in [0.15, 0.2) is 5.75 Å². The van der Waals surface area contributed by atoms with E-state index in [1.807, 2.05) is 0 Å². The number of carbonyl (C=O) groups excluding carboxylic acids is 1. The van der Waals surface area contributed by atoms with E-state index >= 15 is 0 Å². The molecule has 0 unspecified atom stereocenters. The van der Waals surface area contributed by atoms with Gasteiger partial charge in [0.25, 0.3) is 0 Å². The first kappa shape index (κ1) is 10.2. The van der Waals surface area contributed by atoms with Gasteiger partial charge in [0.2, 0.25) is 0 Å². The number of ether oxygens (including phenoxy) is 2. The Morgan fingerprint density at radius 3 is 2.57 bits per heavy atom. The lowest BCUT2D eigenvalue weighted by Gasteiger charge is -2.07. The number of esters is 1. The topological polar surface area (TPSA) is 81.8 Å². The van der Waals surface area contributed by atoms with E-state index < -0.39 is 5.97 Å². The normalized spacial score (nSPS) is 9.57. The lowest BCUT2D eigenvalue weighted by molar-refractivity contribution is 0.0597. The number of carbonyl (C=O) groups is 1. The van der Waals surface area contributed by atoms with E-state index in [-0.39, 0.29) is 17.0 Å². The molecule has 0 aliphatic rings. The maximum atomic E-state index is 11.2.